The largest absolute Gasteiger partial charge is 0.356 e. The molecule has 10 N–H and O–H groups in total. The second-order valence-electron chi connectivity index (χ2n) is 10.0. The molecule has 0 aliphatic heterocycles. The van der Waals surface area contributed by atoms with Gasteiger partial charge in [0.15, 0.2) is 23.8 Å². The lowest BCUT2D eigenvalue weighted by Crippen LogP contribution is -2.47. The van der Waals surface area contributed by atoms with Crippen LogP contribution in [0.25, 0.3) is 0 Å². The van der Waals surface area contributed by atoms with Crippen molar-refractivity contribution in [2.24, 2.45) is 5.92 Å². The molecule has 0 aliphatic carbocycles. The van der Waals surface area contributed by atoms with Crippen molar-refractivity contribution in [3.8, 4) is 0 Å². The Balaban J connectivity index is 1.34. The molecule has 0 aromatic heterocycles. The normalized spacial score (nSPS) is 11.1. The first-order chi connectivity index (χ1) is 21.0. The van der Waals surface area contributed by atoms with Gasteiger partial charge >= 0.3 is 0 Å². The molecule has 0 fully saturated rings. The highest BCUT2D eigenvalue weighted by molar-refractivity contribution is 7.99. The zero-order chi connectivity index (χ0) is 30.5. The van der Waals surface area contributed by atoms with E-state index in [2.05, 4.69) is 68.3 Å². The van der Waals surface area contributed by atoms with E-state index in [1.165, 1.54) is 16.0 Å². The first kappa shape index (κ1) is 33.0. The van der Waals surface area contributed by atoms with Gasteiger partial charge in [-0.05, 0) is 54.9 Å². The van der Waals surface area contributed by atoms with E-state index in [-0.39, 0.29) is 29.8 Å². The van der Waals surface area contributed by atoms with Crippen LogP contribution < -0.4 is 31.9 Å². The summed E-state index contributed by atoms with van der Waals surface area (Å²) in [5.41, 5.74) is 2.40. The number of nitrogens with one attached hydrogen (secondary N) is 10. The molecular formula is C32H44N10S. The van der Waals surface area contributed by atoms with E-state index >= 15 is 0 Å². The standard InChI is InChI=1S/C32H44N10S/c33-29(41-30(34)38-21-18-25-11-4-1-5-12-25)37-20-10-15-27(24-43-28-16-8-3-9-17-28)23-40-32(36)42-31(35)39-22-19-26-13-6-2-7-14-26/h1-9,11-14,16-17,27H,10,15,18-24H2,(H5,33,34,37,38,41)(H5,35,36,39,40,42). The predicted molar refractivity (Wildman–Crippen MR) is 179 cm³/mol. The molecule has 10 nitrogen and oxygen atoms in total. The summed E-state index contributed by atoms with van der Waals surface area (Å²) in [7, 11) is 0. The molecule has 0 heterocycles. The van der Waals surface area contributed by atoms with Gasteiger partial charge in [0.1, 0.15) is 0 Å². The predicted octanol–water partition coefficient (Wildman–Crippen LogP) is 3.94. The summed E-state index contributed by atoms with van der Waals surface area (Å²) in [5, 5.41) is 50.2. The minimum atomic E-state index is 0.0919. The molecule has 0 saturated carbocycles. The molecule has 0 amide bonds. The molecule has 0 bridgehead atoms. The van der Waals surface area contributed by atoms with Crippen LogP contribution in [0.1, 0.15) is 24.0 Å². The third-order valence-electron chi connectivity index (χ3n) is 6.50. The molecular weight excluding hydrogens is 556 g/mol. The quantitative estimate of drug-likeness (QED) is 0.0546. The van der Waals surface area contributed by atoms with Crippen molar-refractivity contribution in [3.63, 3.8) is 0 Å². The van der Waals surface area contributed by atoms with E-state index in [1.54, 1.807) is 11.8 Å². The Morgan fingerprint density at radius 3 is 1.51 bits per heavy atom. The van der Waals surface area contributed by atoms with Crippen LogP contribution in [0.5, 0.6) is 0 Å². The minimum absolute atomic E-state index is 0.0919. The van der Waals surface area contributed by atoms with Crippen molar-refractivity contribution >= 4 is 35.6 Å². The van der Waals surface area contributed by atoms with Gasteiger partial charge in [0, 0.05) is 36.8 Å². The Morgan fingerprint density at radius 1 is 0.558 bits per heavy atom. The van der Waals surface area contributed by atoms with Gasteiger partial charge in [0.25, 0.3) is 0 Å². The van der Waals surface area contributed by atoms with Gasteiger partial charge in [-0.25, -0.2) is 0 Å². The monoisotopic (exact) mass is 600 g/mol. The van der Waals surface area contributed by atoms with Crippen molar-refractivity contribution in [1.82, 2.24) is 31.9 Å². The summed E-state index contributed by atoms with van der Waals surface area (Å²) in [6, 6.07) is 30.4. The first-order valence-electron chi connectivity index (χ1n) is 14.6. The number of hydrogen-bond donors (Lipinski definition) is 10. The SMILES string of the molecule is N=C(NCCCC(CNC(=N)NC(=N)NCCc1ccccc1)CSc1ccccc1)NC(=N)NCCc1ccccc1. The van der Waals surface area contributed by atoms with E-state index in [9.17, 15) is 0 Å². The fourth-order valence-electron chi connectivity index (χ4n) is 4.21. The third kappa shape index (κ3) is 14.8. The maximum Gasteiger partial charge on any atom is 0.195 e. The van der Waals surface area contributed by atoms with Gasteiger partial charge in [-0.1, -0.05) is 78.9 Å². The Kier molecular flexibility index (Phi) is 15.0. The van der Waals surface area contributed by atoms with Crippen LogP contribution >= 0.6 is 11.8 Å². The summed E-state index contributed by atoms with van der Waals surface area (Å²) in [6.45, 7) is 2.42. The number of hydrogen-bond acceptors (Lipinski definition) is 5. The van der Waals surface area contributed by atoms with Crippen LogP contribution in [0.4, 0.5) is 0 Å². The van der Waals surface area contributed by atoms with Crippen LogP contribution in [0.3, 0.4) is 0 Å². The summed E-state index contributed by atoms with van der Waals surface area (Å²) >= 11 is 1.78. The van der Waals surface area contributed by atoms with Crippen LogP contribution in [0.2, 0.25) is 0 Å². The smallest absolute Gasteiger partial charge is 0.195 e. The van der Waals surface area contributed by atoms with E-state index < -0.39 is 0 Å². The topological polar surface area (TPSA) is 168 Å². The highest BCUT2D eigenvalue weighted by Crippen LogP contribution is 2.22. The number of thioether (sulfide) groups is 1. The summed E-state index contributed by atoms with van der Waals surface area (Å²) in [6.07, 6.45) is 3.33. The van der Waals surface area contributed by atoms with Gasteiger partial charge in [-0.2, -0.15) is 0 Å². The maximum atomic E-state index is 8.26. The lowest BCUT2D eigenvalue weighted by molar-refractivity contribution is 0.504. The molecule has 11 heteroatoms. The highest BCUT2D eigenvalue weighted by atomic mass is 32.2. The van der Waals surface area contributed by atoms with Gasteiger partial charge in [0.2, 0.25) is 0 Å². The second kappa shape index (κ2) is 19.6. The fourth-order valence-corrected chi connectivity index (χ4v) is 5.27. The Morgan fingerprint density at radius 2 is 1.00 bits per heavy atom. The van der Waals surface area contributed by atoms with Crippen LogP contribution in [0, 0.1) is 27.6 Å². The molecule has 3 rings (SSSR count). The van der Waals surface area contributed by atoms with Crippen LogP contribution in [-0.4, -0.2) is 55.8 Å². The van der Waals surface area contributed by atoms with E-state index in [1.807, 2.05) is 54.6 Å². The molecule has 0 aliphatic rings. The average Bonchev–Trinajstić information content (AvgIpc) is 3.01. The first-order valence-corrected chi connectivity index (χ1v) is 15.6. The Hall–Kier alpha value is -4.51. The Labute approximate surface area is 259 Å². The fraction of sp³-hybridized carbons (Fsp3) is 0.312. The van der Waals surface area contributed by atoms with E-state index in [0.29, 0.717) is 26.2 Å². The molecule has 0 radical (unpaired) electrons. The number of benzene rings is 3. The van der Waals surface area contributed by atoms with Crippen molar-refractivity contribution in [3.05, 3.63) is 102 Å². The molecule has 0 saturated heterocycles. The molecule has 1 unspecified atom stereocenters. The average molecular weight is 601 g/mol. The van der Waals surface area contributed by atoms with E-state index in [0.717, 1.165) is 31.4 Å². The number of guanidine groups is 4. The summed E-state index contributed by atoms with van der Waals surface area (Å²) in [5.74, 6) is 1.53. The lowest BCUT2D eigenvalue weighted by atomic mass is 10.1. The van der Waals surface area contributed by atoms with E-state index in [4.69, 9.17) is 21.6 Å². The maximum absolute atomic E-state index is 8.26. The summed E-state index contributed by atoms with van der Waals surface area (Å²) in [4.78, 5) is 1.20. The highest BCUT2D eigenvalue weighted by Gasteiger charge is 2.12. The second-order valence-corrected chi connectivity index (χ2v) is 11.1. The van der Waals surface area contributed by atoms with Gasteiger partial charge in [0.05, 0.1) is 0 Å². The molecule has 1 atom stereocenters. The van der Waals surface area contributed by atoms with Crippen molar-refractivity contribution in [1.29, 1.82) is 21.6 Å². The summed E-state index contributed by atoms with van der Waals surface area (Å²) < 4.78 is 0. The van der Waals surface area contributed by atoms with Crippen LogP contribution in [-0.2, 0) is 12.8 Å². The van der Waals surface area contributed by atoms with Crippen LogP contribution in [0.15, 0.2) is 95.9 Å². The minimum Gasteiger partial charge on any atom is -0.356 e. The molecule has 3 aromatic rings. The van der Waals surface area contributed by atoms with Crippen molar-refractivity contribution < 1.29 is 0 Å². The Bertz CT molecular complexity index is 1250. The zero-order valence-electron chi connectivity index (χ0n) is 24.5. The third-order valence-corrected chi connectivity index (χ3v) is 7.75. The van der Waals surface area contributed by atoms with Crippen molar-refractivity contribution in [2.45, 2.75) is 30.6 Å². The van der Waals surface area contributed by atoms with Gasteiger partial charge < -0.3 is 21.3 Å². The van der Waals surface area contributed by atoms with Gasteiger partial charge in [-0.3, -0.25) is 32.3 Å². The zero-order valence-corrected chi connectivity index (χ0v) is 25.3. The molecule has 43 heavy (non-hydrogen) atoms. The number of rotatable bonds is 15. The molecule has 228 valence electrons. The van der Waals surface area contributed by atoms with Gasteiger partial charge in [-0.15, -0.1) is 11.8 Å². The molecule has 3 aromatic carbocycles. The molecule has 0 spiro atoms. The lowest BCUT2D eigenvalue weighted by Gasteiger charge is -2.20. The van der Waals surface area contributed by atoms with Crippen molar-refractivity contribution in [2.75, 3.05) is 31.9 Å².